The zero-order valence-corrected chi connectivity index (χ0v) is 24.8. The number of rotatable bonds is 7. The predicted molar refractivity (Wildman–Crippen MR) is 157 cm³/mol. The zero-order valence-electron chi connectivity index (χ0n) is 24.0. The van der Waals surface area contributed by atoms with Gasteiger partial charge in [-0.3, -0.25) is 4.79 Å². The van der Waals surface area contributed by atoms with Crippen LogP contribution < -0.4 is 4.90 Å². The molecular formula is C31H33F2N5O5S. The van der Waals surface area contributed by atoms with Gasteiger partial charge in [-0.25, -0.2) is 26.9 Å². The molecule has 7 rings (SSSR count). The van der Waals surface area contributed by atoms with Crippen molar-refractivity contribution in [2.24, 2.45) is 11.3 Å². The number of carbonyl (C=O) groups excluding carboxylic acids is 1. The van der Waals surface area contributed by atoms with Crippen LogP contribution >= 0.6 is 0 Å². The normalized spacial score (nSPS) is 26.8. The Labute approximate surface area is 254 Å². The molecule has 0 spiro atoms. The monoisotopic (exact) mass is 625 g/mol. The highest BCUT2D eigenvalue weighted by molar-refractivity contribution is 7.89. The minimum Gasteiger partial charge on any atom is -0.465 e. The lowest BCUT2D eigenvalue weighted by Crippen LogP contribution is -2.54. The van der Waals surface area contributed by atoms with Crippen LogP contribution in [0.4, 0.5) is 14.6 Å². The first kappa shape index (κ1) is 29.1. The number of ether oxygens (including phenoxy) is 1. The van der Waals surface area contributed by atoms with E-state index in [-0.39, 0.29) is 55.4 Å². The first-order chi connectivity index (χ1) is 21.1. The number of esters is 1. The number of aliphatic hydroxyl groups excluding tert-OH is 1. The van der Waals surface area contributed by atoms with Crippen molar-refractivity contribution < 1.29 is 31.8 Å². The van der Waals surface area contributed by atoms with E-state index in [9.17, 15) is 27.1 Å². The summed E-state index contributed by atoms with van der Waals surface area (Å²) in [6.45, 7) is 0.929. The van der Waals surface area contributed by atoms with E-state index in [0.29, 0.717) is 43.7 Å². The second-order valence-corrected chi connectivity index (χ2v) is 14.2. The number of alkyl halides is 1. The van der Waals surface area contributed by atoms with Gasteiger partial charge in [-0.1, -0.05) is 0 Å². The minimum absolute atomic E-state index is 0.00252. The third-order valence-electron chi connectivity index (χ3n) is 9.32. The van der Waals surface area contributed by atoms with Crippen LogP contribution in [0.5, 0.6) is 0 Å². The molecule has 232 valence electrons. The van der Waals surface area contributed by atoms with E-state index in [0.717, 1.165) is 16.8 Å². The number of pyridine rings is 1. The topological polar surface area (TPSA) is 118 Å². The number of aromatic nitrogens is 3. The molecule has 2 aromatic heterocycles. The molecule has 2 atom stereocenters. The molecule has 2 unspecified atom stereocenters. The summed E-state index contributed by atoms with van der Waals surface area (Å²) in [5, 5.41) is 14.2. The number of anilines is 1. The number of halogens is 2. The van der Waals surface area contributed by atoms with Crippen LogP contribution in [-0.4, -0.2) is 83.6 Å². The molecule has 3 fully saturated rings. The first-order valence-electron chi connectivity index (χ1n) is 14.9. The van der Waals surface area contributed by atoms with Gasteiger partial charge < -0.3 is 14.7 Å². The smallest absolute Gasteiger partial charge is 0.317 e. The molecule has 1 saturated carbocycles. The third-order valence-corrected chi connectivity index (χ3v) is 11.1. The number of benzene rings is 1. The minimum atomic E-state index is -4.03. The fraction of sp³-hybridized carbons (Fsp3) is 0.452. The van der Waals surface area contributed by atoms with E-state index in [1.807, 2.05) is 6.08 Å². The Morgan fingerprint density at radius 1 is 1.11 bits per heavy atom. The Bertz CT molecular complexity index is 1710. The standard InChI is InChI=1S/C31H33F2N5O5S/c32-23-1-3-25(4-2-23)38-28-13-22-7-10-37(44(41,42)27-5-6-29(34-16-27)36-9-8-24(33)17-36)19-31(22,14-21(28)15-35-38)30(40)43-18-20-11-26(39)12-20/h1-6,13,15-16,20,24,26,39H,7-12,14,17-19H2. The van der Waals surface area contributed by atoms with Crippen LogP contribution in [0.25, 0.3) is 11.8 Å². The highest BCUT2D eigenvalue weighted by Crippen LogP contribution is 2.46. The molecule has 2 aliphatic heterocycles. The van der Waals surface area contributed by atoms with E-state index >= 15 is 0 Å². The van der Waals surface area contributed by atoms with Crippen LogP contribution in [0.3, 0.4) is 0 Å². The highest BCUT2D eigenvalue weighted by atomic mass is 32.2. The molecule has 13 heteroatoms. The van der Waals surface area contributed by atoms with Gasteiger partial charge in [0.25, 0.3) is 0 Å². The third kappa shape index (κ3) is 5.10. The largest absolute Gasteiger partial charge is 0.465 e. The number of nitrogens with zero attached hydrogens (tertiary/aromatic N) is 5. The maximum atomic E-state index is 14.0. The summed E-state index contributed by atoms with van der Waals surface area (Å²) >= 11 is 0. The number of sulfonamides is 1. The van der Waals surface area contributed by atoms with Gasteiger partial charge in [0.05, 0.1) is 36.8 Å². The maximum absolute atomic E-state index is 14.0. The molecule has 2 aliphatic carbocycles. The molecule has 2 saturated heterocycles. The van der Waals surface area contributed by atoms with E-state index in [4.69, 9.17) is 4.74 Å². The molecule has 4 heterocycles. The van der Waals surface area contributed by atoms with Crippen molar-refractivity contribution in [2.75, 3.05) is 37.7 Å². The number of carbonyl (C=O) groups is 1. The summed E-state index contributed by atoms with van der Waals surface area (Å²) in [5.74, 6) is -0.285. The quantitative estimate of drug-likeness (QED) is 0.398. The van der Waals surface area contributed by atoms with Gasteiger partial charge in [-0.15, -0.1) is 0 Å². The Balaban J connectivity index is 1.19. The van der Waals surface area contributed by atoms with Crippen molar-refractivity contribution in [3.05, 3.63) is 71.4 Å². The second kappa shape index (κ2) is 11.0. The summed E-state index contributed by atoms with van der Waals surface area (Å²) in [4.78, 5) is 20.1. The fourth-order valence-corrected chi connectivity index (χ4v) is 8.18. The van der Waals surface area contributed by atoms with Gasteiger partial charge in [-0.2, -0.15) is 9.40 Å². The number of aliphatic hydroxyl groups is 1. The Kier molecular flexibility index (Phi) is 7.29. The molecule has 0 radical (unpaired) electrons. The molecule has 10 nitrogen and oxygen atoms in total. The second-order valence-electron chi connectivity index (χ2n) is 12.2. The summed E-state index contributed by atoms with van der Waals surface area (Å²) in [6, 6.07) is 9.02. The molecule has 1 aromatic carbocycles. The molecule has 1 N–H and O–H groups in total. The van der Waals surface area contributed by atoms with Gasteiger partial charge in [0.1, 0.15) is 28.1 Å². The molecule has 0 bridgehead atoms. The Morgan fingerprint density at radius 3 is 2.59 bits per heavy atom. The molecule has 0 amide bonds. The number of piperidine rings is 1. The average Bonchev–Trinajstić information content (AvgIpc) is 3.63. The van der Waals surface area contributed by atoms with Crippen LogP contribution in [0.1, 0.15) is 36.9 Å². The van der Waals surface area contributed by atoms with Gasteiger partial charge in [0.2, 0.25) is 10.0 Å². The van der Waals surface area contributed by atoms with Crippen molar-refractivity contribution in [3.63, 3.8) is 0 Å². The molecular weight excluding hydrogens is 592 g/mol. The van der Waals surface area contributed by atoms with Gasteiger partial charge in [0, 0.05) is 25.8 Å². The van der Waals surface area contributed by atoms with Crippen molar-refractivity contribution in [1.29, 1.82) is 0 Å². The van der Waals surface area contributed by atoms with Crippen molar-refractivity contribution in [1.82, 2.24) is 19.1 Å². The highest BCUT2D eigenvalue weighted by Gasteiger charge is 2.52. The SMILES string of the molecule is O=C(OCC1CC(O)C1)C12Cc3cnn(-c4ccc(F)cc4)c3C=C1CCN(S(=O)(=O)c1ccc(N3CCC(F)C3)nc1)C2. The molecule has 44 heavy (non-hydrogen) atoms. The van der Waals surface area contributed by atoms with Gasteiger partial charge in [-0.05, 0) is 91.6 Å². The fourth-order valence-electron chi connectivity index (χ4n) is 6.73. The average molecular weight is 626 g/mol. The maximum Gasteiger partial charge on any atom is 0.317 e. The zero-order chi connectivity index (χ0) is 30.6. The molecule has 4 aliphatic rings. The van der Waals surface area contributed by atoms with E-state index in [2.05, 4.69) is 10.1 Å². The van der Waals surface area contributed by atoms with E-state index < -0.39 is 27.6 Å². The Morgan fingerprint density at radius 2 is 1.91 bits per heavy atom. The first-order valence-corrected chi connectivity index (χ1v) is 16.3. The number of fused-ring (bicyclic) bond motifs is 2. The van der Waals surface area contributed by atoms with Gasteiger partial charge >= 0.3 is 5.97 Å². The van der Waals surface area contributed by atoms with E-state index in [1.165, 1.54) is 28.7 Å². The van der Waals surface area contributed by atoms with Crippen LogP contribution in [0.2, 0.25) is 0 Å². The number of hydrogen-bond donors (Lipinski definition) is 1. The van der Waals surface area contributed by atoms with Crippen LogP contribution in [-0.2, 0) is 26.0 Å². The van der Waals surface area contributed by atoms with Crippen molar-refractivity contribution >= 4 is 27.9 Å². The summed E-state index contributed by atoms with van der Waals surface area (Å²) < 4.78 is 63.9. The lowest BCUT2D eigenvalue weighted by atomic mass is 9.68. The van der Waals surface area contributed by atoms with Crippen LogP contribution in [0.15, 0.2) is 59.3 Å². The summed E-state index contributed by atoms with van der Waals surface area (Å²) in [5.41, 5.74) is 1.65. The molecule has 3 aromatic rings. The summed E-state index contributed by atoms with van der Waals surface area (Å²) in [7, 11) is -4.03. The number of hydrogen-bond acceptors (Lipinski definition) is 8. The van der Waals surface area contributed by atoms with Crippen molar-refractivity contribution in [2.45, 2.75) is 49.3 Å². The van der Waals surface area contributed by atoms with Crippen LogP contribution in [0, 0.1) is 17.2 Å². The predicted octanol–water partition coefficient (Wildman–Crippen LogP) is 3.29. The summed E-state index contributed by atoms with van der Waals surface area (Å²) in [6.07, 6.45) is 5.52. The van der Waals surface area contributed by atoms with E-state index in [1.54, 1.807) is 34.0 Å². The van der Waals surface area contributed by atoms with Gasteiger partial charge in [0.15, 0.2) is 0 Å². The Hall–Kier alpha value is -3.68. The lowest BCUT2D eigenvalue weighted by Gasteiger charge is -2.44. The lowest BCUT2D eigenvalue weighted by molar-refractivity contribution is -0.158. The van der Waals surface area contributed by atoms with Crippen molar-refractivity contribution in [3.8, 4) is 5.69 Å².